The fourth-order valence-corrected chi connectivity index (χ4v) is 5.33. The van der Waals surface area contributed by atoms with E-state index >= 15 is 0 Å². The quantitative estimate of drug-likeness (QED) is 0.252. The zero-order valence-electron chi connectivity index (χ0n) is 27.4. The highest BCUT2D eigenvalue weighted by atomic mass is 16.5. The normalized spacial score (nSPS) is 18.6. The summed E-state index contributed by atoms with van der Waals surface area (Å²) >= 11 is 0. The van der Waals surface area contributed by atoms with Crippen LogP contribution in [-0.4, -0.2) is 84.5 Å². The topological polar surface area (TPSA) is 142 Å². The van der Waals surface area contributed by atoms with Crippen molar-refractivity contribution in [3.8, 4) is 0 Å². The molecule has 0 radical (unpaired) electrons. The molecule has 3 rings (SSSR count). The number of methoxy groups -OCH3 is 1. The van der Waals surface area contributed by atoms with Gasteiger partial charge in [-0.15, -0.1) is 0 Å². The van der Waals surface area contributed by atoms with Crippen LogP contribution in [0.3, 0.4) is 0 Å². The summed E-state index contributed by atoms with van der Waals surface area (Å²) in [7, 11) is 1.53. The van der Waals surface area contributed by atoms with E-state index in [0.29, 0.717) is 13.1 Å². The van der Waals surface area contributed by atoms with Gasteiger partial charge in [0.05, 0.1) is 23.8 Å². The fourth-order valence-electron chi connectivity index (χ4n) is 5.33. The molecule has 0 aliphatic carbocycles. The summed E-state index contributed by atoms with van der Waals surface area (Å²) < 4.78 is 5.39. The molecule has 244 valence electrons. The standard InChI is InChI=1S/C34H48N6O5/c1-9-11-29(45-8)21(5)31(41)39-30(20(3)4)33(43)38-23(7)34(44)40-15-14-35-28(19-40)32(42)37-22(6)24-12-13-25-18-36-27(10-2)17-26(25)16-24/h9-13,16-18,20-23,28-30,35H,2,14-15,19H2,1,3-8H3,(H,37,42)(H,38,43)(H,39,41)/b11-9+/t21-,22-,23+,28+,29-,30+/m1/s1. The van der Waals surface area contributed by atoms with E-state index in [9.17, 15) is 19.2 Å². The summed E-state index contributed by atoms with van der Waals surface area (Å²) in [5.41, 5.74) is 1.72. The molecule has 1 aromatic heterocycles. The van der Waals surface area contributed by atoms with Crippen molar-refractivity contribution in [2.75, 3.05) is 26.7 Å². The Morgan fingerprint density at radius 2 is 1.78 bits per heavy atom. The number of carbonyl (C=O) groups is 4. The third-order valence-corrected chi connectivity index (χ3v) is 8.18. The second-order valence-corrected chi connectivity index (χ2v) is 11.9. The number of hydrogen-bond acceptors (Lipinski definition) is 7. The van der Waals surface area contributed by atoms with Crippen LogP contribution < -0.4 is 21.3 Å². The molecule has 1 saturated heterocycles. The minimum atomic E-state index is -0.851. The largest absolute Gasteiger partial charge is 0.377 e. The number of aromatic nitrogens is 1. The van der Waals surface area contributed by atoms with Crippen molar-refractivity contribution >= 4 is 40.5 Å². The van der Waals surface area contributed by atoms with Gasteiger partial charge in [-0.05, 0) is 55.8 Å². The molecule has 4 N–H and O–H groups in total. The first-order valence-corrected chi connectivity index (χ1v) is 15.5. The lowest BCUT2D eigenvalue weighted by Gasteiger charge is -2.35. The average Bonchev–Trinajstić information content (AvgIpc) is 3.04. The van der Waals surface area contributed by atoms with Crippen molar-refractivity contribution in [1.82, 2.24) is 31.2 Å². The van der Waals surface area contributed by atoms with Gasteiger partial charge in [-0.1, -0.05) is 51.6 Å². The molecule has 1 aliphatic rings. The molecule has 11 nitrogen and oxygen atoms in total. The van der Waals surface area contributed by atoms with Gasteiger partial charge in [-0.2, -0.15) is 0 Å². The van der Waals surface area contributed by atoms with E-state index in [1.54, 1.807) is 37.1 Å². The van der Waals surface area contributed by atoms with Crippen molar-refractivity contribution in [1.29, 1.82) is 0 Å². The molecule has 45 heavy (non-hydrogen) atoms. The van der Waals surface area contributed by atoms with Gasteiger partial charge in [0, 0.05) is 38.3 Å². The Morgan fingerprint density at radius 1 is 1.04 bits per heavy atom. The number of ether oxygens (including phenoxy) is 1. The Labute approximate surface area is 266 Å². The Balaban J connectivity index is 1.59. The average molecular weight is 621 g/mol. The third-order valence-electron chi connectivity index (χ3n) is 8.18. The van der Waals surface area contributed by atoms with Gasteiger partial charge in [0.2, 0.25) is 23.6 Å². The summed E-state index contributed by atoms with van der Waals surface area (Å²) in [6.45, 7) is 15.5. The minimum absolute atomic E-state index is 0.162. The van der Waals surface area contributed by atoms with Gasteiger partial charge in [-0.3, -0.25) is 24.2 Å². The molecule has 2 aromatic rings. The number of nitrogens with zero attached hydrogens (tertiary/aromatic N) is 2. The number of allylic oxidation sites excluding steroid dienone is 1. The molecule has 2 heterocycles. The maximum atomic E-state index is 13.4. The minimum Gasteiger partial charge on any atom is -0.377 e. The smallest absolute Gasteiger partial charge is 0.244 e. The van der Waals surface area contributed by atoms with Gasteiger partial charge in [0.15, 0.2) is 0 Å². The molecular formula is C34H48N6O5. The number of pyridine rings is 1. The second kappa shape index (κ2) is 16.3. The molecule has 1 aromatic carbocycles. The highest BCUT2D eigenvalue weighted by Gasteiger charge is 2.34. The predicted octanol–water partition coefficient (Wildman–Crippen LogP) is 2.73. The molecule has 6 atom stereocenters. The number of nitrogens with one attached hydrogen (secondary N) is 4. The van der Waals surface area contributed by atoms with Crippen molar-refractivity contribution in [2.24, 2.45) is 11.8 Å². The first kappa shape index (κ1) is 35.4. The molecule has 0 spiro atoms. The van der Waals surface area contributed by atoms with Crippen LogP contribution in [0.15, 0.2) is 49.2 Å². The van der Waals surface area contributed by atoms with Crippen LogP contribution in [0.1, 0.15) is 58.8 Å². The Hall–Kier alpha value is -4.09. The Morgan fingerprint density at radius 3 is 2.42 bits per heavy atom. The molecule has 1 fully saturated rings. The van der Waals surface area contributed by atoms with E-state index in [1.807, 2.05) is 58.0 Å². The lowest BCUT2D eigenvalue weighted by molar-refractivity contribution is -0.139. The van der Waals surface area contributed by atoms with Crippen LogP contribution >= 0.6 is 0 Å². The number of amides is 4. The van der Waals surface area contributed by atoms with Crippen LogP contribution in [0.4, 0.5) is 0 Å². The van der Waals surface area contributed by atoms with Crippen molar-refractivity contribution in [2.45, 2.75) is 71.8 Å². The number of benzene rings is 1. The maximum Gasteiger partial charge on any atom is 0.244 e. The number of rotatable bonds is 13. The highest BCUT2D eigenvalue weighted by Crippen LogP contribution is 2.21. The van der Waals surface area contributed by atoms with Gasteiger partial charge in [-0.25, -0.2) is 0 Å². The second-order valence-electron chi connectivity index (χ2n) is 11.9. The van der Waals surface area contributed by atoms with E-state index in [1.165, 1.54) is 7.11 Å². The molecule has 4 amide bonds. The molecular weight excluding hydrogens is 572 g/mol. The zero-order chi connectivity index (χ0) is 33.3. The van der Waals surface area contributed by atoms with Crippen molar-refractivity contribution < 1.29 is 23.9 Å². The predicted molar refractivity (Wildman–Crippen MR) is 176 cm³/mol. The van der Waals surface area contributed by atoms with Gasteiger partial charge < -0.3 is 30.9 Å². The van der Waals surface area contributed by atoms with Crippen LogP contribution in [0.25, 0.3) is 16.8 Å². The van der Waals surface area contributed by atoms with Crippen LogP contribution in [-0.2, 0) is 23.9 Å². The van der Waals surface area contributed by atoms with E-state index < -0.39 is 36.1 Å². The number of fused-ring (bicyclic) bond motifs is 1. The van der Waals surface area contributed by atoms with Gasteiger partial charge >= 0.3 is 0 Å². The maximum absolute atomic E-state index is 13.4. The van der Waals surface area contributed by atoms with E-state index in [-0.39, 0.29) is 36.2 Å². The summed E-state index contributed by atoms with van der Waals surface area (Å²) in [5, 5.41) is 13.8. The lowest BCUT2D eigenvalue weighted by Crippen LogP contribution is -2.61. The zero-order valence-corrected chi connectivity index (χ0v) is 27.4. The van der Waals surface area contributed by atoms with Crippen LogP contribution in [0, 0.1) is 11.8 Å². The summed E-state index contributed by atoms with van der Waals surface area (Å²) in [4.78, 5) is 58.7. The summed E-state index contributed by atoms with van der Waals surface area (Å²) in [5.74, 6) is -2.02. The molecule has 0 bridgehead atoms. The first-order chi connectivity index (χ1) is 21.4. The van der Waals surface area contributed by atoms with Crippen LogP contribution in [0.2, 0.25) is 0 Å². The van der Waals surface area contributed by atoms with Gasteiger partial charge in [0.25, 0.3) is 0 Å². The van der Waals surface area contributed by atoms with Crippen LogP contribution in [0.5, 0.6) is 0 Å². The summed E-state index contributed by atoms with van der Waals surface area (Å²) in [6, 6.07) is 5.34. The molecule has 1 aliphatic heterocycles. The van der Waals surface area contributed by atoms with E-state index in [0.717, 1.165) is 22.0 Å². The first-order valence-electron chi connectivity index (χ1n) is 15.5. The van der Waals surface area contributed by atoms with Crippen molar-refractivity contribution in [3.05, 3.63) is 60.5 Å². The van der Waals surface area contributed by atoms with E-state index in [2.05, 4.69) is 32.8 Å². The summed E-state index contributed by atoms with van der Waals surface area (Å²) in [6.07, 6.45) is 6.66. The molecule has 0 saturated carbocycles. The molecule has 11 heteroatoms. The fraction of sp³-hybridized carbons (Fsp3) is 0.500. The number of carbonyl (C=O) groups excluding carboxylic acids is 4. The Kier molecular flexibility index (Phi) is 12.8. The van der Waals surface area contributed by atoms with Crippen molar-refractivity contribution in [3.63, 3.8) is 0 Å². The number of piperazine rings is 1. The monoisotopic (exact) mass is 620 g/mol. The number of hydrogen-bond donors (Lipinski definition) is 4. The Bertz CT molecular complexity index is 1410. The van der Waals surface area contributed by atoms with Gasteiger partial charge in [0.1, 0.15) is 18.1 Å². The molecule has 0 unspecified atom stereocenters. The third kappa shape index (κ3) is 9.21. The lowest BCUT2D eigenvalue weighted by atomic mass is 9.99. The van der Waals surface area contributed by atoms with E-state index in [4.69, 9.17) is 4.74 Å². The highest BCUT2D eigenvalue weighted by molar-refractivity contribution is 5.93. The SMILES string of the molecule is C=Cc1cc2cc([C@@H](C)NC(=O)[C@@H]3CN(C(=O)[C@H](C)NC(=O)[C@@H](NC(=O)[C@H](C)[C@@H](/C=C/C)OC)C(C)C)CCN3)ccc2cn1.